The summed E-state index contributed by atoms with van der Waals surface area (Å²) in [6.07, 6.45) is 2.96. The van der Waals surface area contributed by atoms with E-state index in [1.807, 2.05) is 12.1 Å². The molecule has 6 heteroatoms. The molecule has 1 aromatic heterocycles. The van der Waals surface area contributed by atoms with Gasteiger partial charge in [0, 0.05) is 39.1 Å². The van der Waals surface area contributed by atoms with Gasteiger partial charge in [-0.25, -0.2) is 0 Å². The van der Waals surface area contributed by atoms with Gasteiger partial charge in [0.25, 0.3) is 5.91 Å². The van der Waals surface area contributed by atoms with Crippen LogP contribution in [0.25, 0.3) is 10.9 Å². The molecule has 1 aromatic carbocycles. The van der Waals surface area contributed by atoms with Crippen LogP contribution >= 0.6 is 31.9 Å². The highest BCUT2D eigenvalue weighted by Gasteiger charge is 2.25. The third-order valence-corrected chi connectivity index (χ3v) is 5.48. The number of benzene rings is 1. The lowest BCUT2D eigenvalue weighted by Crippen LogP contribution is -2.42. The Hall–Kier alpha value is -0.850. The lowest BCUT2D eigenvalue weighted by Gasteiger charge is -2.30. The monoisotopic (exact) mass is 400 g/mol. The smallest absolute Gasteiger partial charge is 0.256 e. The third kappa shape index (κ3) is 2.52. The van der Waals surface area contributed by atoms with Gasteiger partial charge in [-0.2, -0.15) is 0 Å². The maximum Gasteiger partial charge on any atom is 0.256 e. The number of fused-ring (bicyclic) bond motifs is 1. The van der Waals surface area contributed by atoms with E-state index in [1.165, 1.54) is 0 Å². The zero-order chi connectivity index (χ0) is 14.3. The SMILES string of the molecule is O=C(c1c[nH]c2cc(Br)c(Br)cc12)N1CCCC(O)C1. The lowest BCUT2D eigenvalue weighted by molar-refractivity contribution is 0.0475. The zero-order valence-corrected chi connectivity index (χ0v) is 13.9. The van der Waals surface area contributed by atoms with Crippen LogP contribution in [0.5, 0.6) is 0 Å². The Morgan fingerprint density at radius 1 is 1.35 bits per heavy atom. The second kappa shape index (κ2) is 5.50. The van der Waals surface area contributed by atoms with Crippen LogP contribution in [0, 0.1) is 0 Å². The van der Waals surface area contributed by atoms with Gasteiger partial charge in [-0.1, -0.05) is 0 Å². The number of likely N-dealkylation sites (tertiary alicyclic amines) is 1. The topological polar surface area (TPSA) is 56.3 Å². The molecular weight excluding hydrogens is 388 g/mol. The summed E-state index contributed by atoms with van der Waals surface area (Å²) in [4.78, 5) is 17.4. The van der Waals surface area contributed by atoms with Gasteiger partial charge in [-0.15, -0.1) is 0 Å². The first kappa shape index (κ1) is 14.1. The molecule has 1 amide bonds. The van der Waals surface area contributed by atoms with E-state index in [0.29, 0.717) is 18.7 Å². The number of halogens is 2. The van der Waals surface area contributed by atoms with Crippen molar-refractivity contribution in [2.45, 2.75) is 18.9 Å². The first-order chi connectivity index (χ1) is 9.56. The molecule has 1 unspecified atom stereocenters. The Morgan fingerprint density at radius 2 is 2.10 bits per heavy atom. The quantitative estimate of drug-likeness (QED) is 0.770. The summed E-state index contributed by atoms with van der Waals surface area (Å²) in [7, 11) is 0. The molecular formula is C14H14Br2N2O2. The standard InChI is InChI=1S/C14H14Br2N2O2/c15-11-4-9-10(6-17-13(9)5-12(11)16)14(20)18-3-1-2-8(19)7-18/h4-6,8,17,19H,1-3,7H2. The molecule has 1 aliphatic rings. The number of carbonyl (C=O) groups is 1. The van der Waals surface area contributed by atoms with Crippen LogP contribution in [0.15, 0.2) is 27.3 Å². The average molecular weight is 402 g/mol. The van der Waals surface area contributed by atoms with E-state index in [4.69, 9.17) is 0 Å². The first-order valence-electron chi connectivity index (χ1n) is 6.49. The summed E-state index contributed by atoms with van der Waals surface area (Å²) in [5.41, 5.74) is 1.57. The largest absolute Gasteiger partial charge is 0.391 e. The van der Waals surface area contributed by atoms with Crippen LogP contribution in [-0.4, -0.2) is 40.1 Å². The number of rotatable bonds is 1. The number of piperidine rings is 1. The van der Waals surface area contributed by atoms with Crippen LogP contribution in [-0.2, 0) is 0 Å². The number of H-pyrrole nitrogens is 1. The van der Waals surface area contributed by atoms with Crippen LogP contribution < -0.4 is 0 Å². The molecule has 1 fully saturated rings. The second-order valence-electron chi connectivity index (χ2n) is 5.06. The van der Waals surface area contributed by atoms with Crippen molar-refractivity contribution in [1.82, 2.24) is 9.88 Å². The minimum Gasteiger partial charge on any atom is -0.391 e. The molecule has 2 aromatic rings. The molecule has 2 heterocycles. The fraction of sp³-hybridized carbons (Fsp3) is 0.357. The van der Waals surface area contributed by atoms with Crippen LogP contribution in [0.2, 0.25) is 0 Å². The van der Waals surface area contributed by atoms with Crippen molar-refractivity contribution < 1.29 is 9.90 Å². The highest BCUT2D eigenvalue weighted by Crippen LogP contribution is 2.30. The number of nitrogens with one attached hydrogen (secondary N) is 1. The number of aliphatic hydroxyl groups excluding tert-OH is 1. The van der Waals surface area contributed by atoms with Gasteiger partial charge in [0.2, 0.25) is 0 Å². The molecule has 3 rings (SSSR count). The molecule has 0 bridgehead atoms. The van der Waals surface area contributed by atoms with E-state index in [2.05, 4.69) is 36.8 Å². The Kier molecular flexibility index (Phi) is 3.88. The number of aliphatic hydroxyl groups is 1. The van der Waals surface area contributed by atoms with Gasteiger partial charge >= 0.3 is 0 Å². The predicted octanol–water partition coefficient (Wildman–Crippen LogP) is 3.29. The van der Waals surface area contributed by atoms with Gasteiger partial charge in [-0.3, -0.25) is 4.79 Å². The van der Waals surface area contributed by atoms with Crippen molar-refractivity contribution in [1.29, 1.82) is 0 Å². The summed E-state index contributed by atoms with van der Waals surface area (Å²) in [5, 5.41) is 10.6. The minimum atomic E-state index is -0.404. The Balaban J connectivity index is 1.97. The molecule has 0 radical (unpaired) electrons. The predicted molar refractivity (Wildman–Crippen MR) is 84.8 cm³/mol. The number of aromatic amines is 1. The lowest BCUT2D eigenvalue weighted by atomic mass is 10.1. The van der Waals surface area contributed by atoms with Crippen LogP contribution in [0.1, 0.15) is 23.2 Å². The van der Waals surface area contributed by atoms with Crippen LogP contribution in [0.4, 0.5) is 0 Å². The number of aromatic nitrogens is 1. The Labute approximate surface area is 133 Å². The van der Waals surface area contributed by atoms with Gasteiger partial charge in [0.15, 0.2) is 0 Å². The fourth-order valence-electron chi connectivity index (χ4n) is 2.60. The highest BCUT2D eigenvalue weighted by atomic mass is 79.9. The average Bonchev–Trinajstić information content (AvgIpc) is 2.81. The van der Waals surface area contributed by atoms with E-state index in [-0.39, 0.29) is 5.91 Å². The van der Waals surface area contributed by atoms with E-state index >= 15 is 0 Å². The zero-order valence-electron chi connectivity index (χ0n) is 10.7. The first-order valence-corrected chi connectivity index (χ1v) is 8.08. The minimum absolute atomic E-state index is 0.0239. The molecule has 1 aliphatic heterocycles. The van der Waals surface area contributed by atoms with Gasteiger partial charge in [-0.05, 0) is 56.8 Å². The highest BCUT2D eigenvalue weighted by molar-refractivity contribution is 9.13. The molecule has 0 spiro atoms. The van der Waals surface area contributed by atoms with E-state index in [0.717, 1.165) is 32.7 Å². The van der Waals surface area contributed by atoms with E-state index in [9.17, 15) is 9.90 Å². The van der Waals surface area contributed by atoms with Crippen molar-refractivity contribution in [3.05, 3.63) is 32.8 Å². The Morgan fingerprint density at radius 3 is 2.85 bits per heavy atom. The number of hydrogen-bond donors (Lipinski definition) is 2. The third-order valence-electron chi connectivity index (χ3n) is 3.64. The van der Waals surface area contributed by atoms with Gasteiger partial charge in [0.05, 0.1) is 11.7 Å². The maximum absolute atomic E-state index is 12.6. The molecule has 20 heavy (non-hydrogen) atoms. The fourth-order valence-corrected chi connectivity index (χ4v) is 3.29. The number of hydrogen-bond acceptors (Lipinski definition) is 2. The van der Waals surface area contributed by atoms with Crippen molar-refractivity contribution in [2.75, 3.05) is 13.1 Å². The van der Waals surface area contributed by atoms with Crippen molar-refractivity contribution in [3.8, 4) is 0 Å². The number of carbonyl (C=O) groups excluding carboxylic acids is 1. The number of amides is 1. The summed E-state index contributed by atoms with van der Waals surface area (Å²) < 4.78 is 1.86. The second-order valence-corrected chi connectivity index (χ2v) is 6.77. The maximum atomic E-state index is 12.6. The molecule has 1 saturated heterocycles. The number of β-amino-alcohol motifs (C(OH)–C–C–N with tert-alkyl or cyclic N) is 1. The summed E-state index contributed by atoms with van der Waals surface area (Å²) in [6.45, 7) is 1.13. The van der Waals surface area contributed by atoms with E-state index < -0.39 is 6.10 Å². The van der Waals surface area contributed by atoms with Crippen molar-refractivity contribution in [2.24, 2.45) is 0 Å². The molecule has 106 valence electrons. The molecule has 2 N–H and O–H groups in total. The summed E-state index contributed by atoms with van der Waals surface area (Å²) in [5.74, 6) is -0.0239. The van der Waals surface area contributed by atoms with Crippen molar-refractivity contribution in [3.63, 3.8) is 0 Å². The Bertz CT molecular complexity index is 668. The van der Waals surface area contributed by atoms with Gasteiger partial charge < -0.3 is 15.0 Å². The van der Waals surface area contributed by atoms with Gasteiger partial charge in [0.1, 0.15) is 0 Å². The summed E-state index contributed by atoms with van der Waals surface area (Å²) in [6, 6.07) is 3.88. The molecule has 4 nitrogen and oxygen atoms in total. The normalized spacial score (nSPS) is 19.6. The summed E-state index contributed by atoms with van der Waals surface area (Å²) >= 11 is 6.92. The van der Waals surface area contributed by atoms with E-state index in [1.54, 1.807) is 11.1 Å². The van der Waals surface area contributed by atoms with Crippen LogP contribution in [0.3, 0.4) is 0 Å². The molecule has 0 saturated carbocycles. The van der Waals surface area contributed by atoms with Crippen molar-refractivity contribution >= 4 is 48.7 Å². The molecule has 1 atom stereocenters. The number of nitrogens with zero attached hydrogens (tertiary/aromatic N) is 1. The molecule has 0 aliphatic carbocycles.